The lowest BCUT2D eigenvalue weighted by atomic mass is 10.2. The molecule has 6 heteroatoms. The lowest BCUT2D eigenvalue weighted by Gasteiger charge is -2.06. The van der Waals surface area contributed by atoms with Crippen molar-refractivity contribution in [3.8, 4) is 0 Å². The number of hydrogen-bond donors (Lipinski definition) is 3. The van der Waals surface area contributed by atoms with Gasteiger partial charge in [0.2, 0.25) is 5.91 Å². The highest BCUT2D eigenvalue weighted by Gasteiger charge is 2.11. The average molecular weight is 240 g/mol. The maximum Gasteiger partial charge on any atom is 0.254 e. The quantitative estimate of drug-likeness (QED) is 0.659. The molecule has 0 aliphatic heterocycles. The summed E-state index contributed by atoms with van der Waals surface area (Å²) in [4.78, 5) is 22.6. The third-order valence-electron chi connectivity index (χ3n) is 1.96. The second-order valence-corrected chi connectivity index (χ2v) is 3.24. The summed E-state index contributed by atoms with van der Waals surface area (Å²) in [6.07, 6.45) is 0. The monoisotopic (exact) mass is 240 g/mol. The zero-order valence-corrected chi connectivity index (χ0v) is 9.07. The SMILES string of the molecule is O=C(CNC(=O)c1ccccc1F)NCCO. The van der Waals surface area contributed by atoms with Gasteiger partial charge in [-0.2, -0.15) is 0 Å². The van der Waals surface area contributed by atoms with Gasteiger partial charge in [0.1, 0.15) is 5.82 Å². The minimum Gasteiger partial charge on any atom is -0.395 e. The maximum atomic E-state index is 13.2. The highest BCUT2D eigenvalue weighted by molar-refractivity contribution is 5.96. The molecule has 1 rings (SSSR count). The van der Waals surface area contributed by atoms with Gasteiger partial charge in [0.05, 0.1) is 18.7 Å². The van der Waals surface area contributed by atoms with Crippen molar-refractivity contribution in [1.82, 2.24) is 10.6 Å². The number of hydrogen-bond acceptors (Lipinski definition) is 3. The van der Waals surface area contributed by atoms with E-state index < -0.39 is 17.6 Å². The number of halogens is 1. The molecule has 0 atom stereocenters. The zero-order valence-electron chi connectivity index (χ0n) is 9.07. The van der Waals surface area contributed by atoms with E-state index in [1.807, 2.05) is 0 Å². The van der Waals surface area contributed by atoms with Crippen molar-refractivity contribution < 1.29 is 19.1 Å². The van der Waals surface area contributed by atoms with Gasteiger partial charge in [-0.1, -0.05) is 12.1 Å². The Hall–Kier alpha value is -1.95. The molecule has 1 aromatic rings. The molecule has 0 fully saturated rings. The van der Waals surface area contributed by atoms with Crippen LogP contribution in [0.25, 0.3) is 0 Å². The summed E-state index contributed by atoms with van der Waals surface area (Å²) >= 11 is 0. The van der Waals surface area contributed by atoms with Crippen LogP contribution in [0.3, 0.4) is 0 Å². The average Bonchev–Trinajstić information content (AvgIpc) is 2.34. The zero-order chi connectivity index (χ0) is 12.7. The molecule has 17 heavy (non-hydrogen) atoms. The van der Waals surface area contributed by atoms with E-state index in [0.717, 1.165) is 0 Å². The summed E-state index contributed by atoms with van der Waals surface area (Å²) < 4.78 is 13.2. The fraction of sp³-hybridized carbons (Fsp3) is 0.273. The molecular weight excluding hydrogens is 227 g/mol. The van der Waals surface area contributed by atoms with Crippen LogP contribution in [0.2, 0.25) is 0 Å². The second kappa shape index (κ2) is 6.59. The van der Waals surface area contributed by atoms with Gasteiger partial charge < -0.3 is 15.7 Å². The molecule has 0 aliphatic rings. The van der Waals surface area contributed by atoms with Gasteiger partial charge in [-0.25, -0.2) is 4.39 Å². The molecule has 92 valence electrons. The van der Waals surface area contributed by atoms with Crippen LogP contribution in [0.5, 0.6) is 0 Å². The van der Waals surface area contributed by atoms with Crippen molar-refractivity contribution in [2.45, 2.75) is 0 Å². The van der Waals surface area contributed by atoms with E-state index in [-0.39, 0.29) is 25.3 Å². The highest BCUT2D eigenvalue weighted by Crippen LogP contribution is 2.05. The Morgan fingerprint density at radius 2 is 1.94 bits per heavy atom. The van der Waals surface area contributed by atoms with E-state index in [2.05, 4.69) is 10.6 Å². The minimum absolute atomic E-state index is 0.109. The van der Waals surface area contributed by atoms with Gasteiger partial charge in [0, 0.05) is 6.54 Å². The standard InChI is InChI=1S/C11H13FN2O3/c12-9-4-2-1-3-8(9)11(17)14-7-10(16)13-5-6-15/h1-4,15H,5-7H2,(H,13,16)(H,14,17). The molecule has 0 unspecified atom stereocenters. The van der Waals surface area contributed by atoms with E-state index in [0.29, 0.717) is 0 Å². The Bertz CT molecular complexity index is 409. The number of rotatable bonds is 5. The lowest BCUT2D eigenvalue weighted by Crippen LogP contribution is -2.38. The molecule has 0 aromatic heterocycles. The van der Waals surface area contributed by atoms with Crippen LogP contribution in [0.1, 0.15) is 10.4 Å². The number of nitrogens with one attached hydrogen (secondary N) is 2. The number of benzene rings is 1. The Kier molecular flexibility index (Phi) is 5.09. The molecule has 0 bridgehead atoms. The third-order valence-corrected chi connectivity index (χ3v) is 1.96. The first kappa shape index (κ1) is 13.1. The number of carbonyl (C=O) groups excluding carboxylic acids is 2. The first-order valence-electron chi connectivity index (χ1n) is 5.05. The molecule has 0 saturated carbocycles. The summed E-state index contributed by atoms with van der Waals surface area (Å²) in [5.74, 6) is -1.73. The van der Waals surface area contributed by atoms with Gasteiger partial charge in [-0.05, 0) is 12.1 Å². The molecule has 5 nitrogen and oxygen atoms in total. The summed E-state index contributed by atoms with van der Waals surface area (Å²) in [7, 11) is 0. The van der Waals surface area contributed by atoms with Gasteiger partial charge >= 0.3 is 0 Å². The molecule has 0 radical (unpaired) electrons. The Morgan fingerprint density at radius 3 is 2.59 bits per heavy atom. The fourth-order valence-corrected chi connectivity index (χ4v) is 1.16. The van der Waals surface area contributed by atoms with E-state index in [1.165, 1.54) is 24.3 Å². The van der Waals surface area contributed by atoms with Crippen molar-refractivity contribution in [2.24, 2.45) is 0 Å². The van der Waals surface area contributed by atoms with Crippen LogP contribution >= 0.6 is 0 Å². The van der Waals surface area contributed by atoms with Crippen LogP contribution in [0, 0.1) is 5.82 Å². The largest absolute Gasteiger partial charge is 0.395 e. The second-order valence-electron chi connectivity index (χ2n) is 3.24. The van der Waals surface area contributed by atoms with Gasteiger partial charge in [-0.3, -0.25) is 9.59 Å². The van der Waals surface area contributed by atoms with Crippen molar-refractivity contribution in [2.75, 3.05) is 19.7 Å². The summed E-state index contributed by atoms with van der Waals surface area (Å²) in [6.45, 7) is -0.311. The number of aliphatic hydroxyl groups excluding tert-OH is 1. The highest BCUT2D eigenvalue weighted by atomic mass is 19.1. The summed E-state index contributed by atoms with van der Waals surface area (Å²) in [5.41, 5.74) is -0.109. The Labute approximate surface area is 97.6 Å². The first-order chi connectivity index (χ1) is 8.15. The van der Waals surface area contributed by atoms with Gasteiger partial charge in [0.25, 0.3) is 5.91 Å². The Morgan fingerprint density at radius 1 is 1.24 bits per heavy atom. The molecule has 0 spiro atoms. The van der Waals surface area contributed by atoms with Crippen LogP contribution in [-0.2, 0) is 4.79 Å². The van der Waals surface area contributed by atoms with Crippen molar-refractivity contribution in [3.05, 3.63) is 35.6 Å². The predicted octanol–water partition coefficient (Wildman–Crippen LogP) is -0.336. The number of aliphatic hydroxyl groups is 1. The molecule has 0 saturated heterocycles. The third kappa shape index (κ3) is 4.20. The first-order valence-corrected chi connectivity index (χ1v) is 5.05. The van der Waals surface area contributed by atoms with Crippen LogP contribution in [-0.4, -0.2) is 36.6 Å². The lowest BCUT2D eigenvalue weighted by molar-refractivity contribution is -0.120. The number of amides is 2. The molecular formula is C11H13FN2O3. The van der Waals surface area contributed by atoms with E-state index in [4.69, 9.17) is 5.11 Å². The van der Waals surface area contributed by atoms with E-state index in [1.54, 1.807) is 0 Å². The van der Waals surface area contributed by atoms with Gasteiger partial charge in [-0.15, -0.1) is 0 Å². The normalized spacial score (nSPS) is 9.76. The van der Waals surface area contributed by atoms with Crippen molar-refractivity contribution in [1.29, 1.82) is 0 Å². The summed E-state index contributed by atoms with van der Waals surface area (Å²) in [6, 6.07) is 5.50. The van der Waals surface area contributed by atoms with Crippen molar-refractivity contribution >= 4 is 11.8 Å². The van der Waals surface area contributed by atoms with Crippen LogP contribution in [0.4, 0.5) is 4.39 Å². The van der Waals surface area contributed by atoms with Crippen molar-refractivity contribution in [3.63, 3.8) is 0 Å². The molecule has 3 N–H and O–H groups in total. The molecule has 0 aliphatic carbocycles. The fourth-order valence-electron chi connectivity index (χ4n) is 1.16. The maximum absolute atomic E-state index is 13.2. The molecule has 0 heterocycles. The predicted molar refractivity (Wildman–Crippen MR) is 58.8 cm³/mol. The van der Waals surface area contributed by atoms with Gasteiger partial charge in [0.15, 0.2) is 0 Å². The van der Waals surface area contributed by atoms with Crippen LogP contribution in [0.15, 0.2) is 24.3 Å². The van der Waals surface area contributed by atoms with E-state index in [9.17, 15) is 14.0 Å². The smallest absolute Gasteiger partial charge is 0.254 e. The molecule has 2 amide bonds. The van der Waals surface area contributed by atoms with Crippen LogP contribution < -0.4 is 10.6 Å². The topological polar surface area (TPSA) is 78.4 Å². The van der Waals surface area contributed by atoms with E-state index >= 15 is 0 Å². The molecule has 1 aromatic carbocycles. The minimum atomic E-state index is -0.651. The number of carbonyl (C=O) groups is 2. The Balaban J connectivity index is 2.45. The summed E-state index contributed by atoms with van der Waals surface area (Å²) in [5, 5.41) is 13.1.